The molecule has 3 rings (SSSR count). The zero-order valence-electron chi connectivity index (χ0n) is 12.8. The minimum Gasteiger partial charge on any atom is -0.346 e. The van der Waals surface area contributed by atoms with E-state index >= 15 is 0 Å². The first-order chi connectivity index (χ1) is 10.1. The van der Waals surface area contributed by atoms with Gasteiger partial charge in [-0.2, -0.15) is 0 Å². The summed E-state index contributed by atoms with van der Waals surface area (Å²) < 4.78 is 2.11. The molecule has 1 fully saturated rings. The maximum absolute atomic E-state index is 12.6. The van der Waals surface area contributed by atoms with E-state index in [-0.39, 0.29) is 5.91 Å². The fourth-order valence-electron chi connectivity index (χ4n) is 2.86. The van der Waals surface area contributed by atoms with Crippen LogP contribution in [0.1, 0.15) is 42.4 Å². The van der Waals surface area contributed by atoms with E-state index in [4.69, 9.17) is 0 Å². The Morgan fingerprint density at radius 1 is 1.38 bits per heavy atom. The zero-order valence-corrected chi connectivity index (χ0v) is 13.6. The van der Waals surface area contributed by atoms with Gasteiger partial charge in [0, 0.05) is 30.7 Å². The third kappa shape index (κ3) is 2.62. The van der Waals surface area contributed by atoms with Crippen LogP contribution >= 0.6 is 11.3 Å². The molecule has 0 saturated carbocycles. The minimum absolute atomic E-state index is 0.0793. The average molecular weight is 303 g/mol. The van der Waals surface area contributed by atoms with Gasteiger partial charge in [0.2, 0.25) is 0 Å². The molecule has 21 heavy (non-hydrogen) atoms. The number of hydrogen-bond acceptors (Lipinski definition) is 3. The lowest BCUT2D eigenvalue weighted by atomic mass is 10.0. The maximum Gasteiger partial charge on any atom is 0.273 e. The van der Waals surface area contributed by atoms with Gasteiger partial charge in [-0.1, -0.05) is 0 Å². The Kier molecular flexibility index (Phi) is 3.85. The molecule has 2 aromatic heterocycles. The summed E-state index contributed by atoms with van der Waals surface area (Å²) in [7, 11) is 2.03. The van der Waals surface area contributed by atoms with Crippen molar-refractivity contribution in [3.8, 4) is 10.7 Å². The molecule has 0 bridgehead atoms. The minimum atomic E-state index is 0.0793. The Hall–Kier alpha value is -1.62. The first-order valence-electron chi connectivity index (χ1n) is 7.47. The van der Waals surface area contributed by atoms with Crippen LogP contribution in [0, 0.1) is 6.92 Å². The molecule has 0 aliphatic carbocycles. The standard InChI is InChI=1S/C16H21N3OS/c1-11-7-8-14(18(11)3)15-17-13(10-21-15)16(20)19-9-5-4-6-12(19)2/h7-8,10,12H,4-6,9H2,1-3H3. The number of carbonyl (C=O) groups excluding carboxylic acids is 1. The predicted molar refractivity (Wildman–Crippen MR) is 85.6 cm³/mol. The molecule has 2 aromatic rings. The third-order valence-electron chi connectivity index (χ3n) is 4.38. The molecule has 1 atom stereocenters. The van der Waals surface area contributed by atoms with Crippen molar-refractivity contribution in [3.63, 3.8) is 0 Å². The monoisotopic (exact) mass is 303 g/mol. The number of amides is 1. The third-order valence-corrected chi connectivity index (χ3v) is 5.24. The average Bonchev–Trinajstić information content (AvgIpc) is 3.07. The number of nitrogens with zero attached hydrogens (tertiary/aromatic N) is 3. The Morgan fingerprint density at radius 3 is 2.86 bits per heavy atom. The Morgan fingerprint density at radius 2 is 2.19 bits per heavy atom. The fraction of sp³-hybridized carbons (Fsp3) is 0.500. The van der Waals surface area contributed by atoms with Crippen LogP contribution in [0.4, 0.5) is 0 Å². The molecule has 0 aromatic carbocycles. The maximum atomic E-state index is 12.6. The van der Waals surface area contributed by atoms with Crippen LogP contribution < -0.4 is 0 Å². The van der Waals surface area contributed by atoms with E-state index in [1.165, 1.54) is 12.1 Å². The second kappa shape index (κ2) is 5.64. The van der Waals surface area contributed by atoms with E-state index in [1.54, 1.807) is 11.3 Å². The van der Waals surface area contributed by atoms with Crippen molar-refractivity contribution in [2.24, 2.45) is 7.05 Å². The van der Waals surface area contributed by atoms with Crippen molar-refractivity contribution in [3.05, 3.63) is 28.9 Å². The number of rotatable bonds is 2. The SMILES string of the molecule is Cc1ccc(-c2nc(C(=O)N3CCCCC3C)cs2)n1C. The summed E-state index contributed by atoms with van der Waals surface area (Å²) in [5, 5.41) is 2.81. The first kappa shape index (κ1) is 14.3. The van der Waals surface area contributed by atoms with Crippen molar-refractivity contribution in [1.29, 1.82) is 0 Å². The van der Waals surface area contributed by atoms with Gasteiger partial charge >= 0.3 is 0 Å². The van der Waals surface area contributed by atoms with E-state index in [0.717, 1.165) is 30.1 Å². The highest BCUT2D eigenvalue weighted by Crippen LogP contribution is 2.27. The lowest BCUT2D eigenvalue weighted by Crippen LogP contribution is -2.42. The van der Waals surface area contributed by atoms with E-state index in [0.29, 0.717) is 11.7 Å². The molecule has 1 aliphatic heterocycles. The number of aryl methyl sites for hydroxylation is 1. The molecule has 0 N–H and O–H groups in total. The van der Waals surface area contributed by atoms with Crippen molar-refractivity contribution >= 4 is 17.2 Å². The molecule has 0 radical (unpaired) electrons. The Balaban J connectivity index is 1.84. The van der Waals surface area contributed by atoms with Gasteiger partial charge in [0.15, 0.2) is 0 Å². The van der Waals surface area contributed by atoms with Crippen LogP contribution in [0.25, 0.3) is 10.7 Å². The van der Waals surface area contributed by atoms with Crippen molar-refractivity contribution < 1.29 is 4.79 Å². The summed E-state index contributed by atoms with van der Waals surface area (Å²) in [6.45, 7) is 5.06. The summed E-state index contributed by atoms with van der Waals surface area (Å²) in [6, 6.07) is 4.46. The quantitative estimate of drug-likeness (QED) is 0.852. The molecular weight excluding hydrogens is 282 g/mol. The lowest BCUT2D eigenvalue weighted by molar-refractivity contribution is 0.0630. The molecule has 1 saturated heterocycles. The van der Waals surface area contributed by atoms with E-state index < -0.39 is 0 Å². The number of hydrogen-bond donors (Lipinski definition) is 0. The highest BCUT2D eigenvalue weighted by molar-refractivity contribution is 7.13. The Bertz CT molecular complexity index is 658. The van der Waals surface area contributed by atoms with Crippen LogP contribution in [-0.4, -0.2) is 32.9 Å². The summed E-state index contributed by atoms with van der Waals surface area (Å²) in [5.41, 5.74) is 2.85. The normalized spacial score (nSPS) is 19.0. The fourth-order valence-corrected chi connectivity index (χ4v) is 3.72. The van der Waals surface area contributed by atoms with E-state index in [2.05, 4.69) is 35.5 Å². The zero-order chi connectivity index (χ0) is 15.0. The summed E-state index contributed by atoms with van der Waals surface area (Å²) in [5.74, 6) is 0.0793. The van der Waals surface area contributed by atoms with Crippen LogP contribution in [0.3, 0.4) is 0 Å². The molecule has 0 spiro atoms. The van der Waals surface area contributed by atoms with E-state index in [1.807, 2.05) is 17.3 Å². The first-order valence-corrected chi connectivity index (χ1v) is 8.35. The van der Waals surface area contributed by atoms with Crippen LogP contribution in [-0.2, 0) is 7.05 Å². The lowest BCUT2D eigenvalue weighted by Gasteiger charge is -2.32. The molecule has 3 heterocycles. The number of carbonyl (C=O) groups is 1. The van der Waals surface area contributed by atoms with Gasteiger partial charge in [-0.05, 0) is 45.2 Å². The second-order valence-electron chi connectivity index (χ2n) is 5.80. The molecule has 112 valence electrons. The summed E-state index contributed by atoms with van der Waals surface area (Å²) in [6.07, 6.45) is 3.42. The highest BCUT2D eigenvalue weighted by Gasteiger charge is 2.26. The van der Waals surface area contributed by atoms with Gasteiger partial charge in [-0.25, -0.2) is 4.98 Å². The van der Waals surface area contributed by atoms with Gasteiger partial charge in [-0.3, -0.25) is 4.79 Å². The second-order valence-corrected chi connectivity index (χ2v) is 6.66. The molecule has 1 aliphatic rings. The number of thiazole rings is 1. The summed E-state index contributed by atoms with van der Waals surface area (Å²) in [4.78, 5) is 19.1. The van der Waals surface area contributed by atoms with E-state index in [9.17, 15) is 4.79 Å². The van der Waals surface area contributed by atoms with Crippen molar-refractivity contribution in [1.82, 2.24) is 14.5 Å². The van der Waals surface area contributed by atoms with Gasteiger partial charge in [0.25, 0.3) is 5.91 Å². The number of aromatic nitrogens is 2. The predicted octanol–water partition coefficient (Wildman–Crippen LogP) is 3.47. The molecule has 1 unspecified atom stereocenters. The van der Waals surface area contributed by atoms with Crippen molar-refractivity contribution in [2.75, 3.05) is 6.54 Å². The smallest absolute Gasteiger partial charge is 0.273 e. The highest BCUT2D eigenvalue weighted by atomic mass is 32.1. The molecule has 5 heteroatoms. The van der Waals surface area contributed by atoms with Gasteiger partial charge in [0.1, 0.15) is 10.7 Å². The largest absolute Gasteiger partial charge is 0.346 e. The van der Waals surface area contributed by atoms with Gasteiger partial charge in [0.05, 0.1) is 5.69 Å². The van der Waals surface area contributed by atoms with Gasteiger partial charge in [-0.15, -0.1) is 11.3 Å². The topological polar surface area (TPSA) is 38.1 Å². The Labute approximate surface area is 129 Å². The molecule has 4 nitrogen and oxygen atoms in total. The van der Waals surface area contributed by atoms with Crippen LogP contribution in [0.5, 0.6) is 0 Å². The van der Waals surface area contributed by atoms with Crippen molar-refractivity contribution in [2.45, 2.75) is 39.2 Å². The molecule has 1 amide bonds. The van der Waals surface area contributed by atoms with Crippen LogP contribution in [0.15, 0.2) is 17.5 Å². The number of likely N-dealkylation sites (tertiary alicyclic amines) is 1. The van der Waals surface area contributed by atoms with Crippen LogP contribution in [0.2, 0.25) is 0 Å². The number of piperidine rings is 1. The summed E-state index contributed by atoms with van der Waals surface area (Å²) >= 11 is 1.54. The van der Waals surface area contributed by atoms with Gasteiger partial charge < -0.3 is 9.47 Å². The molecular formula is C16H21N3OS.